The van der Waals surface area contributed by atoms with Crippen molar-refractivity contribution in [2.75, 3.05) is 6.61 Å². The van der Waals surface area contributed by atoms with Gasteiger partial charge >= 0.3 is 0 Å². The highest BCUT2D eigenvalue weighted by atomic mass is 35.5. The lowest BCUT2D eigenvalue weighted by Gasteiger charge is -2.10. The largest absolute Gasteiger partial charge is 0.394 e. The molecule has 0 saturated carbocycles. The van der Waals surface area contributed by atoms with Crippen LogP contribution in [0.25, 0.3) is 0 Å². The Morgan fingerprint density at radius 1 is 1.38 bits per heavy atom. The third kappa shape index (κ3) is 3.01. The van der Waals surface area contributed by atoms with Crippen molar-refractivity contribution in [3.63, 3.8) is 0 Å². The van der Waals surface area contributed by atoms with E-state index in [9.17, 15) is 0 Å². The Morgan fingerprint density at radius 2 is 2.00 bits per heavy atom. The number of benzene rings is 1. The fourth-order valence-electron chi connectivity index (χ4n) is 0.905. The van der Waals surface area contributed by atoms with Crippen LogP contribution in [0.4, 0.5) is 0 Å². The van der Waals surface area contributed by atoms with Gasteiger partial charge in [-0.15, -0.1) is 12.4 Å². The van der Waals surface area contributed by atoms with E-state index in [2.05, 4.69) is 0 Å². The molecule has 0 spiro atoms. The van der Waals surface area contributed by atoms with Crippen LogP contribution in [0.2, 0.25) is 10.0 Å². The zero-order valence-corrected chi connectivity index (χ0v) is 9.03. The molecule has 1 aromatic carbocycles. The summed E-state index contributed by atoms with van der Waals surface area (Å²) in [5, 5.41) is 9.65. The highest BCUT2D eigenvalue weighted by Crippen LogP contribution is 2.28. The first-order valence-corrected chi connectivity index (χ1v) is 4.22. The average molecular weight is 243 g/mol. The average Bonchev–Trinajstić information content (AvgIpc) is 2.08. The van der Waals surface area contributed by atoms with Crippen LogP contribution in [0.5, 0.6) is 0 Å². The summed E-state index contributed by atoms with van der Waals surface area (Å²) in [6.07, 6.45) is 0. The third-order valence-electron chi connectivity index (χ3n) is 1.58. The Hall–Kier alpha value is 0.01000. The normalized spacial score (nSPS) is 12.0. The number of aliphatic hydroxyl groups is 1. The van der Waals surface area contributed by atoms with E-state index in [1.54, 1.807) is 18.2 Å². The van der Waals surface area contributed by atoms with Gasteiger partial charge in [-0.05, 0) is 11.6 Å². The van der Waals surface area contributed by atoms with Crippen molar-refractivity contribution < 1.29 is 5.11 Å². The Morgan fingerprint density at radius 3 is 2.54 bits per heavy atom. The van der Waals surface area contributed by atoms with Crippen LogP contribution in [0.15, 0.2) is 18.2 Å². The maximum atomic E-state index is 8.78. The molecule has 13 heavy (non-hydrogen) atoms. The minimum atomic E-state index is -0.462. The lowest BCUT2D eigenvalue weighted by Crippen LogP contribution is -2.14. The topological polar surface area (TPSA) is 46.2 Å². The summed E-state index contributed by atoms with van der Waals surface area (Å²) in [5.41, 5.74) is 6.24. The fourth-order valence-corrected chi connectivity index (χ4v) is 1.35. The minimum Gasteiger partial charge on any atom is -0.394 e. The summed E-state index contributed by atoms with van der Waals surface area (Å²) in [7, 11) is 0. The molecule has 0 amide bonds. The standard InChI is InChI=1S/C8H9Cl2NO.ClH/c9-6-3-1-2-5(8(6)10)7(11)4-12;/h1-3,7,12H,4,11H2;1H/t7-;/m1./s1. The third-order valence-corrected chi connectivity index (χ3v) is 2.41. The van der Waals surface area contributed by atoms with E-state index < -0.39 is 6.04 Å². The summed E-state index contributed by atoms with van der Waals surface area (Å²) in [4.78, 5) is 0. The van der Waals surface area contributed by atoms with Gasteiger partial charge < -0.3 is 10.8 Å². The number of halogens is 3. The molecule has 0 aliphatic carbocycles. The second-order valence-electron chi connectivity index (χ2n) is 2.43. The summed E-state index contributed by atoms with van der Waals surface area (Å²) < 4.78 is 0. The molecule has 0 heterocycles. The van der Waals surface area contributed by atoms with Crippen LogP contribution in [0, 0.1) is 0 Å². The molecular weight excluding hydrogens is 232 g/mol. The number of nitrogens with two attached hydrogens (primary N) is 1. The van der Waals surface area contributed by atoms with Gasteiger partial charge in [0.1, 0.15) is 0 Å². The van der Waals surface area contributed by atoms with Crippen molar-refractivity contribution in [1.82, 2.24) is 0 Å². The first-order chi connectivity index (χ1) is 5.66. The molecule has 74 valence electrons. The maximum Gasteiger partial charge on any atom is 0.0640 e. The van der Waals surface area contributed by atoms with Crippen molar-refractivity contribution in [2.45, 2.75) is 6.04 Å². The van der Waals surface area contributed by atoms with E-state index in [0.29, 0.717) is 15.6 Å². The lowest BCUT2D eigenvalue weighted by molar-refractivity contribution is 0.268. The Balaban J connectivity index is 0.00000144. The molecule has 1 aromatic rings. The Labute approximate surface area is 93.1 Å². The van der Waals surface area contributed by atoms with Gasteiger partial charge in [0.2, 0.25) is 0 Å². The molecule has 0 unspecified atom stereocenters. The summed E-state index contributed by atoms with van der Waals surface area (Å²) in [6, 6.07) is 4.71. The molecule has 0 aliphatic rings. The first-order valence-electron chi connectivity index (χ1n) is 3.47. The molecule has 1 rings (SSSR count). The molecule has 3 N–H and O–H groups in total. The van der Waals surface area contributed by atoms with Crippen molar-refractivity contribution in [3.05, 3.63) is 33.8 Å². The van der Waals surface area contributed by atoms with Crippen molar-refractivity contribution in [2.24, 2.45) is 5.73 Å². The molecule has 0 radical (unpaired) electrons. The fraction of sp³-hybridized carbons (Fsp3) is 0.250. The number of hydrogen-bond donors (Lipinski definition) is 2. The van der Waals surface area contributed by atoms with Crippen LogP contribution in [0.1, 0.15) is 11.6 Å². The van der Waals surface area contributed by atoms with Crippen LogP contribution < -0.4 is 5.73 Å². The number of rotatable bonds is 2. The van der Waals surface area contributed by atoms with E-state index in [0.717, 1.165) is 0 Å². The van der Waals surface area contributed by atoms with Gasteiger partial charge in [-0.3, -0.25) is 0 Å². The SMILES string of the molecule is Cl.N[C@H](CO)c1cccc(Cl)c1Cl. The van der Waals surface area contributed by atoms with Gasteiger partial charge in [0.05, 0.1) is 22.7 Å². The Bertz CT molecular complexity index is 280. The zero-order chi connectivity index (χ0) is 9.14. The van der Waals surface area contributed by atoms with Gasteiger partial charge in [0, 0.05) is 0 Å². The van der Waals surface area contributed by atoms with Crippen LogP contribution in [-0.2, 0) is 0 Å². The predicted molar refractivity (Wildman–Crippen MR) is 57.7 cm³/mol. The maximum absolute atomic E-state index is 8.78. The highest BCUT2D eigenvalue weighted by Gasteiger charge is 2.10. The van der Waals surface area contributed by atoms with E-state index in [4.69, 9.17) is 34.0 Å². The molecule has 0 aliphatic heterocycles. The number of aliphatic hydroxyl groups excluding tert-OH is 1. The molecule has 0 bridgehead atoms. The second-order valence-corrected chi connectivity index (χ2v) is 3.22. The Kier molecular flexibility index (Phi) is 5.68. The van der Waals surface area contributed by atoms with Gasteiger partial charge in [-0.25, -0.2) is 0 Å². The van der Waals surface area contributed by atoms with Gasteiger partial charge in [-0.1, -0.05) is 35.3 Å². The smallest absolute Gasteiger partial charge is 0.0640 e. The van der Waals surface area contributed by atoms with E-state index in [1.165, 1.54) is 0 Å². The molecule has 0 fully saturated rings. The predicted octanol–water partition coefficient (Wildman–Crippen LogP) is 2.41. The van der Waals surface area contributed by atoms with E-state index in [1.807, 2.05) is 0 Å². The molecular formula is C8H10Cl3NO. The molecule has 2 nitrogen and oxygen atoms in total. The number of hydrogen-bond acceptors (Lipinski definition) is 2. The van der Waals surface area contributed by atoms with Crippen molar-refractivity contribution in [1.29, 1.82) is 0 Å². The van der Waals surface area contributed by atoms with Gasteiger partial charge in [0.15, 0.2) is 0 Å². The second kappa shape index (κ2) is 5.68. The first kappa shape index (κ1) is 13.0. The summed E-state index contributed by atoms with van der Waals surface area (Å²) in [6.45, 7) is -0.139. The lowest BCUT2D eigenvalue weighted by atomic mass is 10.1. The van der Waals surface area contributed by atoms with Gasteiger partial charge in [0.25, 0.3) is 0 Å². The van der Waals surface area contributed by atoms with Crippen molar-refractivity contribution in [3.8, 4) is 0 Å². The molecule has 0 saturated heterocycles. The van der Waals surface area contributed by atoms with E-state index >= 15 is 0 Å². The monoisotopic (exact) mass is 241 g/mol. The van der Waals surface area contributed by atoms with Crippen LogP contribution >= 0.6 is 35.6 Å². The molecule has 1 atom stereocenters. The quantitative estimate of drug-likeness (QED) is 0.837. The summed E-state index contributed by atoms with van der Waals surface area (Å²) >= 11 is 11.6. The van der Waals surface area contributed by atoms with E-state index in [-0.39, 0.29) is 19.0 Å². The van der Waals surface area contributed by atoms with Crippen LogP contribution in [0.3, 0.4) is 0 Å². The highest BCUT2D eigenvalue weighted by molar-refractivity contribution is 6.42. The van der Waals surface area contributed by atoms with Crippen LogP contribution in [-0.4, -0.2) is 11.7 Å². The van der Waals surface area contributed by atoms with Gasteiger partial charge in [-0.2, -0.15) is 0 Å². The zero-order valence-electron chi connectivity index (χ0n) is 6.71. The van der Waals surface area contributed by atoms with Crippen molar-refractivity contribution >= 4 is 35.6 Å². The summed E-state index contributed by atoms with van der Waals surface area (Å²) in [5.74, 6) is 0. The molecule has 5 heteroatoms. The minimum absolute atomic E-state index is 0. The molecule has 0 aromatic heterocycles.